The molecule has 108 valence electrons. The number of alkyl halides is 3. The lowest BCUT2D eigenvalue weighted by Crippen LogP contribution is -2.08. The van der Waals surface area contributed by atoms with E-state index in [1.165, 1.54) is 28.3 Å². The molecule has 0 atom stereocenters. The molecule has 0 unspecified atom stereocenters. The number of fused-ring (bicyclic) bond motifs is 1. The number of halogens is 3. The van der Waals surface area contributed by atoms with Crippen molar-refractivity contribution in [2.45, 2.75) is 25.4 Å². The van der Waals surface area contributed by atoms with E-state index in [1.807, 2.05) is 0 Å². The first-order chi connectivity index (χ1) is 9.97. The van der Waals surface area contributed by atoms with Crippen LogP contribution in [0.2, 0.25) is 0 Å². The molecule has 1 aliphatic carbocycles. The fraction of sp³-hybridized carbons (Fsp3) is 0.286. The maximum Gasteiger partial charge on any atom is 0.417 e. The topological polar surface area (TPSA) is 48.7 Å². The number of hydrogen-bond acceptors (Lipinski definition) is 4. The summed E-state index contributed by atoms with van der Waals surface area (Å²) < 4.78 is 38.7. The molecule has 2 aromatic rings. The lowest BCUT2D eigenvalue weighted by molar-refractivity contribution is -0.137. The lowest BCUT2D eigenvalue weighted by Gasteiger charge is -2.11. The van der Waals surface area contributed by atoms with E-state index in [1.54, 1.807) is 6.07 Å². The van der Waals surface area contributed by atoms with Gasteiger partial charge in [0, 0.05) is 10.6 Å². The van der Waals surface area contributed by atoms with Gasteiger partial charge in [-0.2, -0.15) is 18.4 Å². The summed E-state index contributed by atoms with van der Waals surface area (Å²) in [5.74, 6) is 0. The largest absolute Gasteiger partial charge is 0.417 e. The van der Waals surface area contributed by atoms with E-state index in [0.717, 1.165) is 31.0 Å². The second-order valence-corrected chi connectivity index (χ2v) is 5.82. The molecule has 3 rings (SSSR count). The SMILES string of the molecule is N#Cc1ccc(Nc2nc3c(s2)CCC3)cc1C(F)(F)F. The van der Waals surface area contributed by atoms with Crippen molar-refractivity contribution in [3.05, 3.63) is 39.9 Å². The first-order valence-electron chi connectivity index (χ1n) is 6.34. The minimum atomic E-state index is -4.55. The molecule has 0 bridgehead atoms. The van der Waals surface area contributed by atoms with Gasteiger partial charge in [-0.3, -0.25) is 0 Å². The molecule has 21 heavy (non-hydrogen) atoms. The van der Waals surface area contributed by atoms with Crippen LogP contribution < -0.4 is 5.32 Å². The summed E-state index contributed by atoms with van der Waals surface area (Å²) in [6.45, 7) is 0. The molecule has 7 heteroatoms. The van der Waals surface area contributed by atoms with Gasteiger partial charge in [-0.15, -0.1) is 11.3 Å². The number of anilines is 2. The average Bonchev–Trinajstić information content (AvgIpc) is 2.98. The second kappa shape index (κ2) is 5.04. The van der Waals surface area contributed by atoms with Crippen LogP contribution in [0.25, 0.3) is 0 Å². The Kier molecular flexibility index (Phi) is 3.33. The Hall–Kier alpha value is -2.07. The third-order valence-electron chi connectivity index (χ3n) is 3.29. The van der Waals surface area contributed by atoms with Crippen molar-refractivity contribution >= 4 is 22.2 Å². The highest BCUT2D eigenvalue weighted by Crippen LogP contribution is 2.36. The first-order valence-corrected chi connectivity index (χ1v) is 7.16. The fourth-order valence-electron chi connectivity index (χ4n) is 2.32. The van der Waals surface area contributed by atoms with Crippen molar-refractivity contribution in [3.63, 3.8) is 0 Å². The van der Waals surface area contributed by atoms with Gasteiger partial charge < -0.3 is 5.32 Å². The van der Waals surface area contributed by atoms with Crippen molar-refractivity contribution in [1.82, 2.24) is 4.98 Å². The van der Waals surface area contributed by atoms with Crippen LogP contribution in [0.3, 0.4) is 0 Å². The third-order valence-corrected chi connectivity index (χ3v) is 4.37. The Morgan fingerprint density at radius 1 is 1.29 bits per heavy atom. The number of nitrogens with one attached hydrogen (secondary N) is 1. The van der Waals surface area contributed by atoms with Crippen molar-refractivity contribution in [3.8, 4) is 6.07 Å². The highest BCUT2D eigenvalue weighted by Gasteiger charge is 2.34. The minimum absolute atomic E-state index is 0.286. The zero-order valence-electron chi connectivity index (χ0n) is 10.8. The van der Waals surface area contributed by atoms with E-state index in [4.69, 9.17) is 5.26 Å². The van der Waals surface area contributed by atoms with Gasteiger partial charge in [0.2, 0.25) is 0 Å². The van der Waals surface area contributed by atoms with Crippen LogP contribution in [-0.2, 0) is 19.0 Å². The van der Waals surface area contributed by atoms with E-state index >= 15 is 0 Å². The zero-order chi connectivity index (χ0) is 15.0. The number of hydrogen-bond donors (Lipinski definition) is 1. The van der Waals surface area contributed by atoms with Gasteiger partial charge in [0.1, 0.15) is 0 Å². The first kappa shape index (κ1) is 13.9. The van der Waals surface area contributed by atoms with Gasteiger partial charge >= 0.3 is 6.18 Å². The van der Waals surface area contributed by atoms with Crippen LogP contribution in [0.15, 0.2) is 18.2 Å². The highest BCUT2D eigenvalue weighted by atomic mass is 32.1. The smallest absolute Gasteiger partial charge is 0.332 e. The summed E-state index contributed by atoms with van der Waals surface area (Å²) in [6.07, 6.45) is -1.55. The highest BCUT2D eigenvalue weighted by molar-refractivity contribution is 7.15. The van der Waals surface area contributed by atoms with Gasteiger partial charge in [-0.1, -0.05) is 0 Å². The molecule has 0 spiro atoms. The van der Waals surface area contributed by atoms with Gasteiger partial charge in [-0.25, -0.2) is 4.98 Å². The lowest BCUT2D eigenvalue weighted by atomic mass is 10.1. The van der Waals surface area contributed by atoms with Gasteiger partial charge in [0.05, 0.1) is 22.9 Å². The monoisotopic (exact) mass is 309 g/mol. The average molecular weight is 309 g/mol. The van der Waals surface area contributed by atoms with E-state index in [0.29, 0.717) is 5.13 Å². The van der Waals surface area contributed by atoms with Crippen LogP contribution in [0.1, 0.15) is 28.1 Å². The summed E-state index contributed by atoms with van der Waals surface area (Å²) in [5.41, 5.74) is 0.00900. The van der Waals surface area contributed by atoms with Crippen LogP contribution >= 0.6 is 11.3 Å². The predicted molar refractivity (Wildman–Crippen MR) is 73.6 cm³/mol. The summed E-state index contributed by atoms with van der Waals surface area (Å²) >= 11 is 1.47. The Morgan fingerprint density at radius 2 is 2.10 bits per heavy atom. The predicted octanol–water partition coefficient (Wildman–Crippen LogP) is 4.27. The molecule has 0 saturated carbocycles. The summed E-state index contributed by atoms with van der Waals surface area (Å²) in [4.78, 5) is 5.58. The standard InChI is InChI=1S/C14H10F3N3S/c15-14(16,17)10-6-9(5-4-8(10)7-18)19-13-20-11-2-1-3-12(11)21-13/h4-6H,1-3H2,(H,19,20). The molecule has 1 aromatic carbocycles. The van der Waals surface area contributed by atoms with Crippen molar-refractivity contribution < 1.29 is 13.2 Å². The van der Waals surface area contributed by atoms with Crippen LogP contribution in [-0.4, -0.2) is 4.98 Å². The Morgan fingerprint density at radius 3 is 2.76 bits per heavy atom. The molecule has 0 saturated heterocycles. The molecule has 0 amide bonds. The van der Waals surface area contributed by atoms with Crippen LogP contribution in [0.5, 0.6) is 0 Å². The summed E-state index contributed by atoms with van der Waals surface area (Å²) in [5, 5.41) is 12.3. The normalized spacial score (nSPS) is 13.8. The molecule has 0 fully saturated rings. The number of benzene rings is 1. The quantitative estimate of drug-likeness (QED) is 0.901. The maximum absolute atomic E-state index is 12.9. The maximum atomic E-state index is 12.9. The van der Waals surface area contributed by atoms with Crippen LogP contribution in [0, 0.1) is 11.3 Å². The number of aromatic nitrogens is 1. The van der Waals surface area contributed by atoms with Crippen LogP contribution in [0.4, 0.5) is 24.0 Å². The zero-order valence-corrected chi connectivity index (χ0v) is 11.6. The molecule has 1 heterocycles. The van der Waals surface area contributed by atoms with E-state index in [-0.39, 0.29) is 11.3 Å². The van der Waals surface area contributed by atoms with Crippen molar-refractivity contribution in [2.24, 2.45) is 0 Å². The van der Waals surface area contributed by atoms with E-state index < -0.39 is 11.7 Å². The van der Waals surface area contributed by atoms with E-state index in [2.05, 4.69) is 10.3 Å². The number of aryl methyl sites for hydroxylation is 2. The number of rotatable bonds is 2. The molecular weight excluding hydrogens is 299 g/mol. The van der Waals surface area contributed by atoms with Crippen molar-refractivity contribution in [2.75, 3.05) is 5.32 Å². The second-order valence-electron chi connectivity index (χ2n) is 4.74. The number of nitriles is 1. The molecule has 1 aromatic heterocycles. The molecule has 0 radical (unpaired) electrons. The van der Waals surface area contributed by atoms with Gasteiger partial charge in [0.15, 0.2) is 5.13 Å². The van der Waals surface area contributed by atoms with Crippen molar-refractivity contribution in [1.29, 1.82) is 5.26 Å². The number of thiazole rings is 1. The third kappa shape index (κ3) is 2.72. The minimum Gasteiger partial charge on any atom is -0.332 e. The van der Waals surface area contributed by atoms with Gasteiger partial charge in [0.25, 0.3) is 0 Å². The Balaban J connectivity index is 1.90. The molecule has 1 aliphatic rings. The fourth-order valence-corrected chi connectivity index (χ4v) is 3.39. The Bertz CT molecular complexity index is 707. The molecule has 1 N–H and O–H groups in total. The Labute approximate surface area is 123 Å². The summed E-state index contributed by atoms with van der Waals surface area (Å²) in [7, 11) is 0. The van der Waals surface area contributed by atoms with Gasteiger partial charge in [-0.05, 0) is 37.5 Å². The molecule has 3 nitrogen and oxygen atoms in total. The molecule has 0 aliphatic heterocycles. The number of nitrogens with zero attached hydrogens (tertiary/aromatic N) is 2. The van der Waals surface area contributed by atoms with E-state index in [9.17, 15) is 13.2 Å². The molecular formula is C14H10F3N3S. The summed E-state index contributed by atoms with van der Waals surface area (Å²) in [6, 6.07) is 5.15.